The number of carboxylic acid groups (broad SMARTS) is 1. The molecule has 2 aromatic rings. The van der Waals surface area contributed by atoms with Gasteiger partial charge in [-0.3, -0.25) is 19.2 Å². The van der Waals surface area contributed by atoms with Crippen molar-refractivity contribution in [3.63, 3.8) is 0 Å². The van der Waals surface area contributed by atoms with Crippen molar-refractivity contribution in [2.24, 2.45) is 5.92 Å². The molecule has 2 atom stereocenters. The van der Waals surface area contributed by atoms with Crippen molar-refractivity contribution < 1.29 is 23.9 Å². The van der Waals surface area contributed by atoms with E-state index < -0.39 is 35.2 Å². The van der Waals surface area contributed by atoms with Crippen LogP contribution in [-0.4, -0.2) is 44.9 Å². The second-order valence-corrected chi connectivity index (χ2v) is 8.66. The standard InChI is InChI=1S/C24H26FN3O5/c25-17-8-5-15(6-9-17)22-19(24(32)33)11-12-28(22)23(31)16-7-10-21(30)27(13-16)14-20(29)26-18-3-1-2-4-18/h5-10,13,18-19,22H,1-4,11-12,14H2,(H,26,29)(H,32,33)/t19-,22-/m1/s1. The monoisotopic (exact) mass is 455 g/mol. The number of hydrogen-bond donors (Lipinski definition) is 2. The Kier molecular flexibility index (Phi) is 6.57. The zero-order chi connectivity index (χ0) is 23.5. The Hall–Kier alpha value is -3.49. The smallest absolute Gasteiger partial charge is 0.309 e. The van der Waals surface area contributed by atoms with E-state index in [1.807, 2.05) is 0 Å². The van der Waals surface area contributed by atoms with Crippen molar-refractivity contribution >= 4 is 17.8 Å². The number of rotatable bonds is 6. The van der Waals surface area contributed by atoms with Gasteiger partial charge >= 0.3 is 5.97 Å². The fraction of sp³-hybridized carbons (Fsp3) is 0.417. The van der Waals surface area contributed by atoms with Crippen LogP contribution in [0.15, 0.2) is 47.4 Å². The lowest BCUT2D eigenvalue weighted by molar-refractivity contribution is -0.142. The fourth-order valence-corrected chi connectivity index (χ4v) is 4.80. The maximum absolute atomic E-state index is 13.4. The van der Waals surface area contributed by atoms with Crippen LogP contribution in [0.4, 0.5) is 4.39 Å². The third-order valence-electron chi connectivity index (χ3n) is 6.45. The average molecular weight is 455 g/mol. The summed E-state index contributed by atoms with van der Waals surface area (Å²) in [4.78, 5) is 51.3. The van der Waals surface area contributed by atoms with Crippen LogP contribution < -0.4 is 10.9 Å². The highest BCUT2D eigenvalue weighted by Gasteiger charge is 2.42. The molecule has 0 unspecified atom stereocenters. The minimum atomic E-state index is -1.03. The van der Waals surface area contributed by atoms with Gasteiger partial charge in [-0.2, -0.15) is 0 Å². The Morgan fingerprint density at radius 1 is 1.03 bits per heavy atom. The van der Waals surface area contributed by atoms with Gasteiger partial charge in [0.1, 0.15) is 12.4 Å². The van der Waals surface area contributed by atoms with E-state index in [2.05, 4.69) is 5.32 Å². The average Bonchev–Trinajstić information content (AvgIpc) is 3.45. The van der Waals surface area contributed by atoms with Crippen molar-refractivity contribution in [3.8, 4) is 0 Å². The molecule has 174 valence electrons. The van der Waals surface area contributed by atoms with Crippen LogP contribution in [0.3, 0.4) is 0 Å². The highest BCUT2D eigenvalue weighted by Crippen LogP contribution is 2.38. The summed E-state index contributed by atoms with van der Waals surface area (Å²) in [5.41, 5.74) is 0.299. The van der Waals surface area contributed by atoms with Crippen LogP contribution >= 0.6 is 0 Å². The molecule has 1 aliphatic heterocycles. The molecule has 1 saturated carbocycles. The molecule has 0 radical (unpaired) electrons. The molecular weight excluding hydrogens is 429 g/mol. The molecule has 2 N–H and O–H groups in total. The molecule has 2 amide bonds. The first-order valence-electron chi connectivity index (χ1n) is 11.1. The first-order chi connectivity index (χ1) is 15.8. The molecule has 2 aliphatic rings. The lowest BCUT2D eigenvalue weighted by Gasteiger charge is -2.27. The first kappa shape index (κ1) is 22.7. The first-order valence-corrected chi connectivity index (χ1v) is 11.1. The van der Waals surface area contributed by atoms with Gasteiger partial charge in [-0.25, -0.2) is 4.39 Å². The molecule has 1 saturated heterocycles. The Morgan fingerprint density at radius 3 is 2.39 bits per heavy atom. The van der Waals surface area contributed by atoms with Gasteiger partial charge < -0.3 is 19.9 Å². The van der Waals surface area contributed by atoms with Gasteiger partial charge in [0.25, 0.3) is 11.5 Å². The summed E-state index contributed by atoms with van der Waals surface area (Å²) in [6.45, 7) is 0.00866. The summed E-state index contributed by atoms with van der Waals surface area (Å²) in [6.07, 6.45) is 5.57. The van der Waals surface area contributed by atoms with Gasteiger partial charge in [0, 0.05) is 24.8 Å². The number of pyridine rings is 1. The minimum absolute atomic E-state index is 0.118. The number of benzene rings is 1. The van der Waals surface area contributed by atoms with Gasteiger partial charge in [-0.05, 0) is 43.0 Å². The van der Waals surface area contributed by atoms with Crippen molar-refractivity contribution in [1.82, 2.24) is 14.8 Å². The van der Waals surface area contributed by atoms with E-state index in [0.29, 0.717) is 5.56 Å². The zero-order valence-corrected chi connectivity index (χ0v) is 18.1. The summed E-state index contributed by atoms with van der Waals surface area (Å²) >= 11 is 0. The van der Waals surface area contributed by atoms with Gasteiger partial charge in [-0.1, -0.05) is 25.0 Å². The summed E-state index contributed by atoms with van der Waals surface area (Å²) in [5, 5.41) is 12.6. The normalized spacial score (nSPS) is 20.7. The van der Waals surface area contributed by atoms with Crippen molar-refractivity contribution in [1.29, 1.82) is 0 Å². The number of carboxylic acids is 1. The molecule has 9 heteroatoms. The topological polar surface area (TPSA) is 109 Å². The van der Waals surface area contributed by atoms with E-state index in [1.165, 1.54) is 52.1 Å². The summed E-state index contributed by atoms with van der Waals surface area (Å²) in [5.74, 6) is -3.05. The summed E-state index contributed by atoms with van der Waals surface area (Å²) < 4.78 is 14.6. The number of nitrogens with one attached hydrogen (secondary N) is 1. The van der Waals surface area contributed by atoms with Crippen molar-refractivity contribution in [2.45, 2.75) is 50.7 Å². The highest BCUT2D eigenvalue weighted by atomic mass is 19.1. The molecule has 2 fully saturated rings. The molecule has 0 bridgehead atoms. The predicted molar refractivity (Wildman–Crippen MR) is 117 cm³/mol. The molecule has 1 aromatic heterocycles. The maximum atomic E-state index is 13.4. The lowest BCUT2D eigenvalue weighted by Crippen LogP contribution is -2.38. The number of amides is 2. The Balaban J connectivity index is 1.56. The van der Waals surface area contributed by atoms with Gasteiger partial charge in [0.2, 0.25) is 5.91 Å². The largest absolute Gasteiger partial charge is 0.481 e. The SMILES string of the molecule is O=C(Cn1cc(C(=O)N2CC[C@@H](C(=O)O)[C@H]2c2ccc(F)cc2)ccc1=O)NC1CCCC1. The molecule has 8 nitrogen and oxygen atoms in total. The Morgan fingerprint density at radius 2 is 1.73 bits per heavy atom. The molecule has 1 aromatic carbocycles. The summed E-state index contributed by atoms with van der Waals surface area (Å²) in [7, 11) is 0. The maximum Gasteiger partial charge on any atom is 0.309 e. The van der Waals surface area contributed by atoms with E-state index in [-0.39, 0.29) is 37.0 Å². The van der Waals surface area contributed by atoms with Crippen molar-refractivity contribution in [2.75, 3.05) is 6.54 Å². The molecule has 0 spiro atoms. The van der Waals surface area contributed by atoms with Crippen LogP contribution in [-0.2, 0) is 16.1 Å². The highest BCUT2D eigenvalue weighted by molar-refractivity contribution is 5.95. The van der Waals surface area contributed by atoms with Crippen LogP contribution in [0, 0.1) is 11.7 Å². The Bertz CT molecular complexity index is 1110. The number of likely N-dealkylation sites (tertiary alicyclic amines) is 1. The zero-order valence-electron chi connectivity index (χ0n) is 18.1. The number of carbonyl (C=O) groups excluding carboxylic acids is 2. The second kappa shape index (κ2) is 9.56. The number of nitrogens with zero attached hydrogens (tertiary/aromatic N) is 2. The molecule has 4 rings (SSSR count). The summed E-state index contributed by atoms with van der Waals surface area (Å²) in [6, 6.07) is 7.40. The number of aromatic nitrogens is 1. The van der Waals surface area contributed by atoms with Crippen LogP contribution in [0.1, 0.15) is 54.1 Å². The van der Waals surface area contributed by atoms with E-state index in [1.54, 1.807) is 0 Å². The third kappa shape index (κ3) is 4.97. The Labute approximate surface area is 190 Å². The fourth-order valence-electron chi connectivity index (χ4n) is 4.80. The molecular formula is C24H26FN3O5. The van der Waals surface area contributed by atoms with E-state index in [9.17, 15) is 28.7 Å². The number of carbonyl (C=O) groups is 3. The van der Waals surface area contributed by atoms with E-state index in [0.717, 1.165) is 25.7 Å². The van der Waals surface area contributed by atoms with Crippen molar-refractivity contribution in [3.05, 3.63) is 69.9 Å². The molecule has 33 heavy (non-hydrogen) atoms. The third-order valence-corrected chi connectivity index (χ3v) is 6.45. The van der Waals surface area contributed by atoms with Gasteiger partial charge in [0.05, 0.1) is 17.5 Å². The molecule has 1 aliphatic carbocycles. The second-order valence-electron chi connectivity index (χ2n) is 8.66. The quantitative estimate of drug-likeness (QED) is 0.695. The predicted octanol–water partition coefficient (Wildman–Crippen LogP) is 2.33. The molecule has 2 heterocycles. The van der Waals surface area contributed by atoms with E-state index in [4.69, 9.17) is 0 Å². The number of aliphatic carboxylic acids is 1. The van der Waals surface area contributed by atoms with Crippen LogP contribution in [0.5, 0.6) is 0 Å². The van der Waals surface area contributed by atoms with Crippen LogP contribution in [0.25, 0.3) is 0 Å². The van der Waals surface area contributed by atoms with Gasteiger partial charge in [-0.15, -0.1) is 0 Å². The minimum Gasteiger partial charge on any atom is -0.481 e. The number of hydrogen-bond acceptors (Lipinski definition) is 4. The van der Waals surface area contributed by atoms with Gasteiger partial charge in [0.15, 0.2) is 0 Å². The van der Waals surface area contributed by atoms with Crippen LogP contribution in [0.2, 0.25) is 0 Å². The number of halogens is 1. The lowest BCUT2D eigenvalue weighted by atomic mass is 9.93. The van der Waals surface area contributed by atoms with E-state index >= 15 is 0 Å².